The maximum Gasteiger partial charge on any atom is 0.229 e. The number of hydrogen-bond acceptors (Lipinski definition) is 7. The molecular weight excluding hydrogens is 366 g/mol. The van der Waals surface area contributed by atoms with Gasteiger partial charge in [0.25, 0.3) is 0 Å². The van der Waals surface area contributed by atoms with Crippen LogP contribution < -0.4 is 24.6 Å². The van der Waals surface area contributed by atoms with Crippen LogP contribution in [-0.2, 0) is 0 Å². The van der Waals surface area contributed by atoms with Crippen molar-refractivity contribution in [3.8, 4) is 11.5 Å². The van der Waals surface area contributed by atoms with E-state index in [1.54, 1.807) is 20.4 Å². The van der Waals surface area contributed by atoms with Crippen molar-refractivity contribution in [3.05, 3.63) is 60.8 Å². The summed E-state index contributed by atoms with van der Waals surface area (Å²) in [4.78, 5) is 13.7. The molecule has 29 heavy (non-hydrogen) atoms. The van der Waals surface area contributed by atoms with Crippen molar-refractivity contribution in [3.63, 3.8) is 0 Å². The van der Waals surface area contributed by atoms with Gasteiger partial charge in [-0.2, -0.15) is 4.98 Å². The molecule has 1 aliphatic rings. The molecule has 0 unspecified atom stereocenters. The molecule has 0 saturated carbocycles. The van der Waals surface area contributed by atoms with Crippen LogP contribution in [0.1, 0.15) is 0 Å². The van der Waals surface area contributed by atoms with Crippen LogP contribution in [0, 0.1) is 0 Å². The summed E-state index contributed by atoms with van der Waals surface area (Å²) in [7, 11) is 3.37. The summed E-state index contributed by atoms with van der Waals surface area (Å²) in [5.41, 5.74) is 2.03. The molecular formula is C22H25N5O2. The lowest BCUT2D eigenvalue weighted by atomic mass is 10.2. The number of para-hydroxylation sites is 2. The van der Waals surface area contributed by atoms with Gasteiger partial charge in [-0.15, -0.1) is 0 Å². The van der Waals surface area contributed by atoms with Crippen molar-refractivity contribution in [2.75, 3.05) is 55.5 Å². The molecule has 1 fully saturated rings. The third kappa shape index (κ3) is 4.34. The summed E-state index contributed by atoms with van der Waals surface area (Å²) >= 11 is 0. The molecule has 1 saturated heterocycles. The predicted molar refractivity (Wildman–Crippen MR) is 116 cm³/mol. The first-order valence-electron chi connectivity index (χ1n) is 9.64. The van der Waals surface area contributed by atoms with Crippen molar-refractivity contribution < 1.29 is 9.47 Å². The Morgan fingerprint density at radius 2 is 1.66 bits per heavy atom. The van der Waals surface area contributed by atoms with Gasteiger partial charge in [0.1, 0.15) is 17.3 Å². The second kappa shape index (κ2) is 8.68. The highest BCUT2D eigenvalue weighted by molar-refractivity contribution is 5.60. The fraction of sp³-hybridized carbons (Fsp3) is 0.273. The first kappa shape index (κ1) is 18.9. The van der Waals surface area contributed by atoms with Gasteiger partial charge in [0.05, 0.1) is 19.9 Å². The van der Waals surface area contributed by atoms with Gasteiger partial charge < -0.3 is 24.6 Å². The third-order valence-corrected chi connectivity index (χ3v) is 5.00. The van der Waals surface area contributed by atoms with Crippen molar-refractivity contribution in [1.29, 1.82) is 0 Å². The van der Waals surface area contributed by atoms with E-state index in [4.69, 9.17) is 14.5 Å². The van der Waals surface area contributed by atoms with E-state index in [2.05, 4.69) is 26.2 Å². The smallest absolute Gasteiger partial charge is 0.229 e. The predicted octanol–water partition coefficient (Wildman–Crippen LogP) is 3.56. The zero-order valence-corrected chi connectivity index (χ0v) is 16.7. The SMILES string of the molecule is COc1cccc(Nc2nccc(N3CCN(c4ccccc4OC)CC3)n2)c1. The van der Waals surface area contributed by atoms with Gasteiger partial charge in [-0.3, -0.25) is 0 Å². The highest BCUT2D eigenvalue weighted by Crippen LogP contribution is 2.29. The molecule has 1 aliphatic heterocycles. The van der Waals surface area contributed by atoms with Crippen LogP contribution in [0.5, 0.6) is 11.5 Å². The Balaban J connectivity index is 1.43. The molecule has 7 heteroatoms. The number of anilines is 4. The van der Waals surface area contributed by atoms with Crippen molar-refractivity contribution >= 4 is 23.1 Å². The quantitative estimate of drug-likeness (QED) is 0.689. The molecule has 2 aromatic carbocycles. The number of hydrogen-bond donors (Lipinski definition) is 1. The molecule has 0 bridgehead atoms. The highest BCUT2D eigenvalue weighted by Gasteiger charge is 2.20. The Morgan fingerprint density at radius 3 is 2.45 bits per heavy atom. The van der Waals surface area contributed by atoms with Crippen LogP contribution in [0.15, 0.2) is 60.8 Å². The maximum absolute atomic E-state index is 5.51. The number of piperazine rings is 1. The molecule has 0 aliphatic carbocycles. The molecule has 0 spiro atoms. The lowest BCUT2D eigenvalue weighted by Gasteiger charge is -2.37. The molecule has 0 radical (unpaired) electrons. The summed E-state index contributed by atoms with van der Waals surface area (Å²) in [6, 6.07) is 17.8. The second-order valence-corrected chi connectivity index (χ2v) is 6.74. The van der Waals surface area contributed by atoms with E-state index < -0.39 is 0 Å². The lowest BCUT2D eigenvalue weighted by Crippen LogP contribution is -2.47. The largest absolute Gasteiger partial charge is 0.497 e. The van der Waals surface area contributed by atoms with Crippen LogP contribution in [-0.4, -0.2) is 50.4 Å². The van der Waals surface area contributed by atoms with E-state index >= 15 is 0 Å². The van der Waals surface area contributed by atoms with Gasteiger partial charge in [-0.1, -0.05) is 18.2 Å². The molecule has 1 aromatic heterocycles. The molecule has 150 valence electrons. The van der Waals surface area contributed by atoms with E-state index in [1.807, 2.05) is 48.5 Å². The van der Waals surface area contributed by atoms with Crippen LogP contribution in [0.4, 0.5) is 23.1 Å². The fourth-order valence-corrected chi connectivity index (χ4v) is 3.48. The zero-order chi connectivity index (χ0) is 20.1. The minimum absolute atomic E-state index is 0.572. The number of nitrogens with one attached hydrogen (secondary N) is 1. The number of benzene rings is 2. The number of aromatic nitrogens is 2. The number of ether oxygens (including phenoxy) is 2. The Kier molecular flexibility index (Phi) is 5.65. The molecule has 4 rings (SSSR count). The van der Waals surface area contributed by atoms with Crippen LogP contribution >= 0.6 is 0 Å². The summed E-state index contributed by atoms with van der Waals surface area (Å²) in [6.45, 7) is 3.58. The molecule has 0 amide bonds. The summed E-state index contributed by atoms with van der Waals surface area (Å²) in [5.74, 6) is 3.19. The number of rotatable bonds is 6. The Morgan fingerprint density at radius 1 is 0.862 bits per heavy atom. The molecule has 0 atom stereocenters. The van der Waals surface area contributed by atoms with Crippen LogP contribution in [0.3, 0.4) is 0 Å². The van der Waals surface area contributed by atoms with Gasteiger partial charge in [0, 0.05) is 44.1 Å². The number of nitrogens with zero attached hydrogens (tertiary/aromatic N) is 4. The van der Waals surface area contributed by atoms with Crippen molar-refractivity contribution in [1.82, 2.24) is 9.97 Å². The fourth-order valence-electron chi connectivity index (χ4n) is 3.48. The standard InChI is InChI=1S/C22H25N5O2/c1-28-18-7-5-6-17(16-18)24-22-23-11-10-21(25-22)27-14-12-26(13-15-27)19-8-3-4-9-20(19)29-2/h3-11,16H,12-15H2,1-2H3,(H,23,24,25). The van der Waals surface area contributed by atoms with E-state index in [0.29, 0.717) is 5.95 Å². The summed E-state index contributed by atoms with van der Waals surface area (Å²) in [5, 5.41) is 3.25. The lowest BCUT2D eigenvalue weighted by molar-refractivity contribution is 0.413. The molecule has 3 aromatic rings. The summed E-state index contributed by atoms with van der Waals surface area (Å²) in [6.07, 6.45) is 1.79. The molecule has 7 nitrogen and oxygen atoms in total. The average Bonchev–Trinajstić information content (AvgIpc) is 2.79. The molecule has 1 N–H and O–H groups in total. The van der Waals surface area contributed by atoms with Crippen LogP contribution in [0.2, 0.25) is 0 Å². The number of methoxy groups -OCH3 is 2. The van der Waals surface area contributed by atoms with Gasteiger partial charge in [-0.05, 0) is 30.3 Å². The van der Waals surface area contributed by atoms with Gasteiger partial charge >= 0.3 is 0 Å². The van der Waals surface area contributed by atoms with Gasteiger partial charge in [0.15, 0.2) is 0 Å². The van der Waals surface area contributed by atoms with Gasteiger partial charge in [0.2, 0.25) is 5.95 Å². The Hall–Kier alpha value is -3.48. The first-order chi connectivity index (χ1) is 14.3. The minimum Gasteiger partial charge on any atom is -0.497 e. The van der Waals surface area contributed by atoms with E-state index in [1.165, 1.54) is 0 Å². The normalized spacial score (nSPS) is 13.9. The van der Waals surface area contributed by atoms with Crippen molar-refractivity contribution in [2.24, 2.45) is 0 Å². The maximum atomic E-state index is 5.51. The monoisotopic (exact) mass is 391 g/mol. The van der Waals surface area contributed by atoms with Crippen molar-refractivity contribution in [2.45, 2.75) is 0 Å². The zero-order valence-electron chi connectivity index (χ0n) is 16.7. The van der Waals surface area contributed by atoms with E-state index in [-0.39, 0.29) is 0 Å². The third-order valence-electron chi connectivity index (χ3n) is 5.00. The Labute approximate surface area is 170 Å². The second-order valence-electron chi connectivity index (χ2n) is 6.74. The summed E-state index contributed by atoms with van der Waals surface area (Å²) < 4.78 is 10.8. The van der Waals surface area contributed by atoms with Crippen LogP contribution in [0.25, 0.3) is 0 Å². The highest BCUT2D eigenvalue weighted by atomic mass is 16.5. The first-order valence-corrected chi connectivity index (χ1v) is 9.64. The topological polar surface area (TPSA) is 62.8 Å². The minimum atomic E-state index is 0.572. The van der Waals surface area contributed by atoms with E-state index in [0.717, 1.165) is 54.9 Å². The molecule has 2 heterocycles. The average molecular weight is 391 g/mol. The van der Waals surface area contributed by atoms with Gasteiger partial charge in [-0.25, -0.2) is 4.98 Å². The Bertz CT molecular complexity index is 957. The van der Waals surface area contributed by atoms with E-state index in [9.17, 15) is 0 Å².